The molecule has 12 rings (SSSR count). The summed E-state index contributed by atoms with van der Waals surface area (Å²) in [5, 5.41) is 29.7. The van der Waals surface area contributed by atoms with Crippen LogP contribution in [0.3, 0.4) is 0 Å². The topological polar surface area (TPSA) is 392 Å². The van der Waals surface area contributed by atoms with E-state index in [0.29, 0.717) is 58.0 Å². The van der Waals surface area contributed by atoms with Crippen LogP contribution in [0, 0.1) is 5.92 Å². The maximum absolute atomic E-state index is 12.4. The predicted octanol–water partition coefficient (Wildman–Crippen LogP) is 17.5. The van der Waals surface area contributed by atoms with Crippen LogP contribution >= 0.6 is 0 Å². The van der Waals surface area contributed by atoms with E-state index in [1.807, 2.05) is 88.4 Å². The van der Waals surface area contributed by atoms with Crippen molar-refractivity contribution in [3.63, 3.8) is 0 Å². The summed E-state index contributed by atoms with van der Waals surface area (Å²) in [5.74, 6) is -2.79. The maximum Gasteiger partial charge on any atom is 0.408 e. The van der Waals surface area contributed by atoms with Gasteiger partial charge in [0.05, 0.1) is 50.7 Å². The van der Waals surface area contributed by atoms with Gasteiger partial charge in [0.2, 0.25) is 5.91 Å². The fourth-order valence-electron chi connectivity index (χ4n) is 17.6. The number of aliphatic carboxylic acids is 2. The minimum Gasteiger partial charge on any atom is -0.481 e. The van der Waals surface area contributed by atoms with E-state index in [9.17, 15) is 43.5 Å². The van der Waals surface area contributed by atoms with Crippen molar-refractivity contribution in [3.8, 4) is 0 Å². The second-order valence-corrected chi connectivity index (χ2v) is 39.1. The number of carbonyl (C=O) groups excluding carboxylic acids is 6. The highest BCUT2D eigenvalue weighted by molar-refractivity contribution is 5.81. The molecule has 0 spiro atoms. The predicted molar refractivity (Wildman–Crippen MR) is 577 cm³/mol. The Morgan fingerprint density at radius 3 is 1.18 bits per heavy atom. The summed E-state index contributed by atoms with van der Waals surface area (Å²) in [4.78, 5) is 115. The molecule has 3 aromatic carbocycles. The Hall–Kier alpha value is -10.5. The molecule has 814 valence electrons. The highest BCUT2D eigenvalue weighted by Crippen LogP contribution is 2.27. The number of hydrogen-bond donors (Lipinski definition) is 7. The van der Waals surface area contributed by atoms with Gasteiger partial charge in [-0.1, -0.05) is 110 Å². The summed E-state index contributed by atoms with van der Waals surface area (Å²) >= 11 is 0. The van der Waals surface area contributed by atoms with Crippen molar-refractivity contribution >= 4 is 48.3 Å². The van der Waals surface area contributed by atoms with Gasteiger partial charge in [0.15, 0.2) is 0 Å². The number of unbranched alkanes of at least 4 members (excludes halogenated alkanes) is 3. The Kier molecular flexibility index (Phi) is 64.0. The second kappa shape index (κ2) is 75.2. The van der Waals surface area contributed by atoms with Gasteiger partial charge in [-0.25, -0.2) is 19.2 Å². The highest BCUT2D eigenvalue weighted by atomic mass is 16.6. The molecule has 0 aliphatic heterocycles. The standard InChI is InChI=1S/C30H43N3O5.C29H41N3O5.C17H26N2O2.C17H28N2O.C14H18O2.C6H10O3.C4H11NO/c1-23(36-2)21-33(19-10-9-14-26-17-16-25-13-7-8-15-27(25)31-26)20-18-28(29(34)37-3)32-30(35)38-22-24-11-5-4-6-12-24;1-22(36-2)20-32(18-9-8-13-25-16-15-24-12-6-7-14-26(24)30-25)19-17-27(28(33)34)31-29(35)37-21-23-10-4-3-5-11-23;1-13(21-2)12-18-17(20)9-5-7-15-11-10-14-6-3-4-8-16(14)19-15;1-14(20-2)13-18-12-6-5-8-16-11-10-15-7-3-4-9-17(15)19-16;15-14(16)7-3-4-11-8-9-12-5-1-2-6-13(12)10-11;1-5(3-4-7)6(8)9-2;1-4(3-5)6-2/h4-6,11-12,16-17,23,28H,7-10,13-15,18-22H2,1-3H3,(H,32,35);3-5,10-11,15-16,22,27H,6-9,12-14,17-21H2,1-2H3,(H,31,35)(H,33,34);10-11,13H,3-9,12H2,1-2H3,(H,18,20);10-11,14,18H,3-9,12-13H2,1-2H3;8-10H,1-7H2,(H,15,16);4-5H,3H2,1-2H3;4H,3,5H2,1-2H3/t23-,28+;22-,27+;13-;14-;;5-;4-/m1111.01/s1. The number of carboxylic acids is 2. The number of carboxylic acid groups (broad SMARTS) is 2. The number of nitrogens with zero attached hydrogens (tertiary/aromatic N) is 6. The van der Waals surface area contributed by atoms with Crippen LogP contribution in [0.5, 0.6) is 0 Å². The van der Waals surface area contributed by atoms with Gasteiger partial charge in [0.1, 0.15) is 31.6 Å². The van der Waals surface area contributed by atoms with Crippen LogP contribution in [0.2, 0.25) is 0 Å². The SMILES string of the molecule is COC(=O)[C@@H](C)CC=O.COC(=O)[C@H](CCN(CCCCc1ccc2c(n1)CCCC2)C[C@@H](C)OC)NC(=O)OCc1ccccc1.CO[C@H](C)CN.CO[C@H](C)CN(CCCCc1ccc2c(n1)CCCC2)CC[C@H](NC(=O)OCc1ccccc1)C(=O)O.CO[C@H](C)CNC(=O)CCCc1ccc2c(n1)CCCC2.CO[C@H](C)CNCCCCc1ccc2c(n1)CCCC2.O=C(O)CCCc1ccc2c(c1)CCCC2. The van der Waals surface area contributed by atoms with Crippen LogP contribution in [-0.4, -0.2) is 246 Å². The monoisotopic (exact) mass is 2040 g/mol. The van der Waals surface area contributed by atoms with Crippen molar-refractivity contribution in [1.29, 1.82) is 0 Å². The number of benzene rings is 3. The smallest absolute Gasteiger partial charge is 0.408 e. The fraction of sp³-hybridized carbons (Fsp3) is 0.607. The summed E-state index contributed by atoms with van der Waals surface area (Å²) in [6, 6.07) is 41.3. The molecule has 5 aliphatic rings. The van der Waals surface area contributed by atoms with Crippen molar-refractivity contribution < 1.29 is 91.2 Å². The van der Waals surface area contributed by atoms with Crippen LogP contribution in [0.15, 0.2) is 127 Å². The third-order valence-corrected chi connectivity index (χ3v) is 27.1. The first kappa shape index (κ1) is 125. The van der Waals surface area contributed by atoms with Crippen molar-refractivity contribution in [2.45, 2.75) is 341 Å². The first-order chi connectivity index (χ1) is 71.2. The molecule has 0 fully saturated rings. The van der Waals surface area contributed by atoms with E-state index in [1.54, 1.807) is 42.5 Å². The van der Waals surface area contributed by atoms with Gasteiger partial charge < -0.3 is 94.4 Å². The second-order valence-electron chi connectivity index (χ2n) is 39.1. The van der Waals surface area contributed by atoms with E-state index in [4.69, 9.17) is 68.7 Å². The molecule has 8 N–H and O–H groups in total. The van der Waals surface area contributed by atoms with Gasteiger partial charge in [-0.2, -0.15) is 0 Å². The van der Waals surface area contributed by atoms with Gasteiger partial charge in [0.25, 0.3) is 0 Å². The number of nitrogens with one attached hydrogen (secondary N) is 4. The number of hydrogen-bond acceptors (Lipinski definition) is 25. The van der Waals surface area contributed by atoms with Crippen LogP contribution in [0.1, 0.15) is 285 Å². The number of aryl methyl sites for hydroxylation is 15. The van der Waals surface area contributed by atoms with E-state index >= 15 is 0 Å². The molecule has 7 aromatic rings. The van der Waals surface area contributed by atoms with E-state index < -0.39 is 42.2 Å². The van der Waals surface area contributed by atoms with Crippen molar-refractivity contribution in [2.75, 3.05) is 115 Å². The number of pyridine rings is 4. The maximum atomic E-state index is 12.4. The number of rotatable bonds is 54. The van der Waals surface area contributed by atoms with Crippen LogP contribution in [0.25, 0.3) is 0 Å². The Morgan fingerprint density at radius 1 is 0.395 bits per heavy atom. The van der Waals surface area contributed by atoms with E-state index in [-0.39, 0.29) is 74.7 Å². The minimum absolute atomic E-state index is 0.0226. The zero-order chi connectivity index (χ0) is 107. The molecule has 147 heavy (non-hydrogen) atoms. The van der Waals surface area contributed by atoms with Crippen LogP contribution in [-0.2, 0) is 181 Å². The molecule has 0 saturated carbocycles. The number of amides is 3. The highest BCUT2D eigenvalue weighted by Gasteiger charge is 2.27. The Balaban J connectivity index is 0.000000279. The van der Waals surface area contributed by atoms with E-state index in [1.165, 1.54) is 196 Å². The molecule has 4 aromatic heterocycles. The largest absolute Gasteiger partial charge is 0.481 e. The van der Waals surface area contributed by atoms with Gasteiger partial charge in [-0.3, -0.25) is 34.3 Å². The molecule has 30 heteroatoms. The molecule has 5 aliphatic carbocycles. The molecule has 0 saturated heterocycles. The summed E-state index contributed by atoms with van der Waals surface area (Å²) in [7, 11) is 11.1. The number of fused-ring (bicyclic) bond motifs is 5. The lowest BCUT2D eigenvalue weighted by molar-refractivity contribution is -0.145. The number of aromatic nitrogens is 4. The van der Waals surface area contributed by atoms with Gasteiger partial charge in [0, 0.05) is 146 Å². The summed E-state index contributed by atoms with van der Waals surface area (Å²) in [6.07, 6.45) is 38.9. The third-order valence-electron chi connectivity index (χ3n) is 27.1. The molecule has 4 heterocycles. The average molecular weight is 2040 g/mol. The van der Waals surface area contributed by atoms with Gasteiger partial charge >= 0.3 is 36.1 Å². The number of aldehydes is 1. The summed E-state index contributed by atoms with van der Waals surface area (Å²) in [6.45, 7) is 19.3. The number of nitrogens with two attached hydrogens (primary N) is 1. The Morgan fingerprint density at radius 2 is 0.776 bits per heavy atom. The van der Waals surface area contributed by atoms with Gasteiger partial charge in [-0.05, 0) is 353 Å². The van der Waals surface area contributed by atoms with Crippen molar-refractivity contribution in [2.24, 2.45) is 11.7 Å². The number of methoxy groups -OCH3 is 7. The Bertz CT molecular complexity index is 4880. The van der Waals surface area contributed by atoms with E-state index in [0.717, 1.165) is 158 Å². The summed E-state index contributed by atoms with van der Waals surface area (Å²) in [5.41, 5.74) is 26.8. The third kappa shape index (κ3) is 53.5. The normalized spacial score (nSPS) is 14.7. The molecule has 0 unspecified atom stereocenters. The lowest BCUT2D eigenvalue weighted by Crippen LogP contribution is -2.44. The van der Waals surface area contributed by atoms with Crippen LogP contribution < -0.4 is 27.0 Å². The fourth-order valence-corrected chi connectivity index (χ4v) is 17.6. The zero-order valence-electron chi connectivity index (χ0n) is 90.8. The zero-order valence-corrected chi connectivity index (χ0v) is 90.8. The number of carbonyl (C=O) groups is 8. The number of esters is 2. The molecule has 8 atom stereocenters. The number of alkyl carbamates (subject to hydrolysis) is 2. The molecular weight excluding hydrogens is 1860 g/mol. The minimum atomic E-state index is -1.07. The average Bonchev–Trinajstić information content (AvgIpc) is 0.858. The van der Waals surface area contributed by atoms with E-state index in [2.05, 4.69) is 109 Å². The molecule has 0 radical (unpaired) electrons. The first-order valence-corrected chi connectivity index (χ1v) is 53.9. The van der Waals surface area contributed by atoms with Crippen LogP contribution in [0.4, 0.5) is 9.59 Å². The number of ether oxygens (including phenoxy) is 9. The summed E-state index contributed by atoms with van der Waals surface area (Å²) < 4.78 is 45.8. The Labute approximate surface area is 876 Å². The molecule has 3 amide bonds. The van der Waals surface area contributed by atoms with Crippen molar-refractivity contribution in [3.05, 3.63) is 223 Å². The lowest BCUT2D eigenvalue weighted by atomic mass is 9.89. The first-order valence-electron chi connectivity index (χ1n) is 53.9. The molecule has 0 bridgehead atoms. The molecular formula is C117H177N11O19. The molecule has 30 nitrogen and oxygen atoms in total. The lowest BCUT2D eigenvalue weighted by Gasteiger charge is -2.27. The van der Waals surface area contributed by atoms with Gasteiger partial charge in [-0.15, -0.1) is 0 Å². The van der Waals surface area contributed by atoms with Crippen molar-refractivity contribution in [1.82, 2.24) is 51.0 Å². The quantitative estimate of drug-likeness (QED) is 0.00806.